The summed E-state index contributed by atoms with van der Waals surface area (Å²) in [5.74, 6) is 0.305. The lowest BCUT2D eigenvalue weighted by Crippen LogP contribution is -2.14. The van der Waals surface area contributed by atoms with Crippen molar-refractivity contribution in [2.75, 3.05) is 11.9 Å². The molecule has 0 atom stereocenters. The van der Waals surface area contributed by atoms with Gasteiger partial charge in [-0.25, -0.2) is 4.39 Å². The van der Waals surface area contributed by atoms with E-state index in [1.54, 1.807) is 24.3 Å². The van der Waals surface area contributed by atoms with Gasteiger partial charge in [0.05, 0.1) is 12.2 Å². The zero-order valence-corrected chi connectivity index (χ0v) is 14.7. The van der Waals surface area contributed by atoms with Crippen molar-refractivity contribution < 1.29 is 13.9 Å². The van der Waals surface area contributed by atoms with Gasteiger partial charge in [-0.15, -0.1) is 0 Å². The fourth-order valence-electron chi connectivity index (χ4n) is 1.97. The molecule has 0 radical (unpaired) electrons. The van der Waals surface area contributed by atoms with Crippen LogP contribution < -0.4 is 10.1 Å². The SMILES string of the molecule is CC(C)CCOc1ccc(Br)cc1C(=O)Nc1cccc(F)c1. The molecular formula is C18H19BrFNO2. The Hall–Kier alpha value is -1.88. The molecule has 2 aromatic rings. The van der Waals surface area contributed by atoms with Gasteiger partial charge in [-0.05, 0) is 48.7 Å². The molecule has 0 spiro atoms. The highest BCUT2D eigenvalue weighted by atomic mass is 79.9. The van der Waals surface area contributed by atoms with Crippen LogP contribution in [0.2, 0.25) is 0 Å². The number of hydrogen-bond acceptors (Lipinski definition) is 2. The van der Waals surface area contributed by atoms with Gasteiger partial charge in [-0.1, -0.05) is 35.8 Å². The number of halogens is 2. The maximum atomic E-state index is 13.2. The topological polar surface area (TPSA) is 38.3 Å². The van der Waals surface area contributed by atoms with E-state index >= 15 is 0 Å². The first kappa shape index (κ1) is 17.5. The van der Waals surface area contributed by atoms with Gasteiger partial charge < -0.3 is 10.1 Å². The van der Waals surface area contributed by atoms with E-state index in [1.807, 2.05) is 6.07 Å². The Labute approximate surface area is 144 Å². The lowest BCUT2D eigenvalue weighted by Gasteiger charge is -2.13. The van der Waals surface area contributed by atoms with Gasteiger partial charge in [0.2, 0.25) is 0 Å². The van der Waals surface area contributed by atoms with Crippen LogP contribution in [0.3, 0.4) is 0 Å². The maximum absolute atomic E-state index is 13.2. The van der Waals surface area contributed by atoms with E-state index in [2.05, 4.69) is 35.1 Å². The molecule has 0 saturated carbocycles. The highest BCUT2D eigenvalue weighted by Crippen LogP contribution is 2.25. The molecule has 0 aliphatic rings. The van der Waals surface area contributed by atoms with Crippen LogP contribution >= 0.6 is 15.9 Å². The fourth-order valence-corrected chi connectivity index (χ4v) is 2.34. The van der Waals surface area contributed by atoms with Gasteiger partial charge in [0.25, 0.3) is 5.91 Å². The zero-order chi connectivity index (χ0) is 16.8. The van der Waals surface area contributed by atoms with Crippen molar-refractivity contribution >= 4 is 27.5 Å². The van der Waals surface area contributed by atoms with Crippen LogP contribution in [0.1, 0.15) is 30.6 Å². The predicted molar refractivity (Wildman–Crippen MR) is 93.4 cm³/mol. The standard InChI is InChI=1S/C18H19BrFNO2/c1-12(2)8-9-23-17-7-6-13(19)10-16(17)18(22)21-15-5-3-4-14(20)11-15/h3-7,10-12H,8-9H2,1-2H3,(H,21,22). The van der Waals surface area contributed by atoms with Crippen LogP contribution in [0.4, 0.5) is 10.1 Å². The summed E-state index contributed by atoms with van der Waals surface area (Å²) in [6, 6.07) is 11.1. The summed E-state index contributed by atoms with van der Waals surface area (Å²) in [4.78, 5) is 12.5. The molecule has 3 nitrogen and oxygen atoms in total. The van der Waals surface area contributed by atoms with Crippen molar-refractivity contribution in [2.24, 2.45) is 5.92 Å². The monoisotopic (exact) mass is 379 g/mol. The van der Waals surface area contributed by atoms with Gasteiger partial charge in [0.1, 0.15) is 11.6 Å². The number of ether oxygens (including phenoxy) is 1. The third kappa shape index (κ3) is 5.36. The van der Waals surface area contributed by atoms with Crippen molar-refractivity contribution in [3.63, 3.8) is 0 Å². The highest BCUT2D eigenvalue weighted by molar-refractivity contribution is 9.10. The summed E-state index contributed by atoms with van der Waals surface area (Å²) < 4.78 is 19.7. The third-order valence-corrected chi connectivity index (χ3v) is 3.71. The summed E-state index contributed by atoms with van der Waals surface area (Å²) in [6.07, 6.45) is 0.904. The summed E-state index contributed by atoms with van der Waals surface area (Å²) >= 11 is 3.36. The maximum Gasteiger partial charge on any atom is 0.259 e. The Kier molecular flexibility index (Phi) is 6.16. The Morgan fingerprint density at radius 1 is 1.26 bits per heavy atom. The highest BCUT2D eigenvalue weighted by Gasteiger charge is 2.14. The molecule has 23 heavy (non-hydrogen) atoms. The average molecular weight is 380 g/mol. The van der Waals surface area contributed by atoms with Gasteiger partial charge in [0.15, 0.2) is 0 Å². The molecular weight excluding hydrogens is 361 g/mol. The second kappa shape index (κ2) is 8.11. The third-order valence-electron chi connectivity index (χ3n) is 3.22. The Bertz CT molecular complexity index is 688. The number of anilines is 1. The van der Waals surface area contributed by atoms with E-state index in [0.717, 1.165) is 10.9 Å². The second-order valence-electron chi connectivity index (χ2n) is 5.64. The van der Waals surface area contributed by atoms with Crippen molar-refractivity contribution in [3.8, 4) is 5.75 Å². The Morgan fingerprint density at radius 3 is 2.74 bits per heavy atom. The van der Waals surface area contributed by atoms with E-state index in [-0.39, 0.29) is 5.91 Å². The first-order valence-electron chi connectivity index (χ1n) is 7.45. The van der Waals surface area contributed by atoms with Crippen LogP contribution in [-0.2, 0) is 0 Å². The molecule has 0 aliphatic heterocycles. The van der Waals surface area contributed by atoms with Crippen LogP contribution in [0.25, 0.3) is 0 Å². The van der Waals surface area contributed by atoms with Crippen molar-refractivity contribution in [1.82, 2.24) is 0 Å². The second-order valence-corrected chi connectivity index (χ2v) is 6.55. The molecule has 2 rings (SSSR count). The van der Waals surface area contributed by atoms with Crippen molar-refractivity contribution in [2.45, 2.75) is 20.3 Å². The average Bonchev–Trinajstić information content (AvgIpc) is 2.48. The minimum absolute atomic E-state index is 0.337. The summed E-state index contributed by atoms with van der Waals surface area (Å²) in [7, 11) is 0. The van der Waals surface area contributed by atoms with E-state index in [0.29, 0.717) is 29.5 Å². The molecule has 0 aromatic heterocycles. The van der Waals surface area contributed by atoms with Gasteiger partial charge in [-0.2, -0.15) is 0 Å². The van der Waals surface area contributed by atoms with Crippen LogP contribution in [0.5, 0.6) is 5.75 Å². The van der Waals surface area contributed by atoms with Gasteiger partial charge >= 0.3 is 0 Å². The Morgan fingerprint density at radius 2 is 2.04 bits per heavy atom. The van der Waals surface area contributed by atoms with E-state index < -0.39 is 5.82 Å². The molecule has 0 unspecified atom stereocenters. The van der Waals surface area contributed by atoms with Crippen molar-refractivity contribution in [1.29, 1.82) is 0 Å². The minimum atomic E-state index is -0.398. The predicted octanol–water partition coefficient (Wildman–Crippen LogP) is 5.27. The van der Waals surface area contributed by atoms with E-state index in [4.69, 9.17) is 4.74 Å². The smallest absolute Gasteiger partial charge is 0.259 e. The normalized spacial score (nSPS) is 10.7. The molecule has 0 bridgehead atoms. The minimum Gasteiger partial charge on any atom is -0.493 e. The fraction of sp³-hybridized carbons (Fsp3) is 0.278. The number of carbonyl (C=O) groups is 1. The van der Waals surface area contributed by atoms with Crippen LogP contribution in [0.15, 0.2) is 46.9 Å². The molecule has 0 saturated heterocycles. The lowest BCUT2D eigenvalue weighted by molar-refractivity contribution is 0.102. The van der Waals surface area contributed by atoms with Crippen LogP contribution in [0, 0.1) is 11.7 Å². The zero-order valence-electron chi connectivity index (χ0n) is 13.1. The first-order chi connectivity index (χ1) is 11.0. The summed E-state index contributed by atoms with van der Waals surface area (Å²) in [5, 5.41) is 2.69. The van der Waals surface area contributed by atoms with E-state index in [1.165, 1.54) is 12.1 Å². The molecule has 122 valence electrons. The number of rotatable bonds is 6. The number of nitrogens with one attached hydrogen (secondary N) is 1. The Balaban J connectivity index is 2.16. The van der Waals surface area contributed by atoms with Crippen molar-refractivity contribution in [3.05, 3.63) is 58.3 Å². The molecule has 2 aromatic carbocycles. The van der Waals surface area contributed by atoms with E-state index in [9.17, 15) is 9.18 Å². The largest absolute Gasteiger partial charge is 0.493 e. The number of hydrogen-bond donors (Lipinski definition) is 1. The van der Waals surface area contributed by atoms with Gasteiger partial charge in [-0.3, -0.25) is 4.79 Å². The lowest BCUT2D eigenvalue weighted by atomic mass is 10.1. The molecule has 5 heteroatoms. The molecule has 1 amide bonds. The number of amides is 1. The molecule has 0 heterocycles. The first-order valence-corrected chi connectivity index (χ1v) is 8.24. The molecule has 1 N–H and O–H groups in total. The van der Waals surface area contributed by atoms with Crippen LogP contribution in [-0.4, -0.2) is 12.5 Å². The number of carbonyl (C=O) groups excluding carboxylic acids is 1. The van der Waals surface area contributed by atoms with Gasteiger partial charge in [0, 0.05) is 10.2 Å². The summed E-state index contributed by atoms with van der Waals surface area (Å²) in [6.45, 7) is 4.77. The number of benzene rings is 2. The molecule has 0 fully saturated rings. The molecule has 0 aliphatic carbocycles. The quantitative estimate of drug-likeness (QED) is 0.742. The summed E-state index contributed by atoms with van der Waals surface area (Å²) in [5.41, 5.74) is 0.815.